The number of halogens is 2. The van der Waals surface area contributed by atoms with E-state index in [-0.39, 0.29) is 15.9 Å². The molecule has 6 heteroatoms. The van der Waals surface area contributed by atoms with E-state index < -0.39 is 4.92 Å². The molecule has 0 saturated carbocycles. The lowest BCUT2D eigenvalue weighted by molar-refractivity contribution is -0.385. The van der Waals surface area contributed by atoms with Crippen LogP contribution in [0.15, 0.2) is 22.7 Å². The first-order valence-electron chi connectivity index (χ1n) is 4.10. The molecule has 1 aromatic rings. The lowest BCUT2D eigenvalue weighted by Gasteiger charge is -2.02. The molecule has 0 aliphatic carbocycles. The highest BCUT2D eigenvalue weighted by Gasteiger charge is 2.18. The van der Waals surface area contributed by atoms with Crippen LogP contribution in [0.25, 0.3) is 0 Å². The maximum Gasteiger partial charge on any atom is 0.284 e. The van der Waals surface area contributed by atoms with Gasteiger partial charge in [0.05, 0.1) is 4.92 Å². The summed E-state index contributed by atoms with van der Waals surface area (Å²) in [6.45, 7) is 0. The lowest BCUT2D eigenvalue weighted by Crippen LogP contribution is -2.02. The Morgan fingerprint density at radius 3 is 2.67 bits per heavy atom. The Bertz CT molecular complexity index is 406. The van der Waals surface area contributed by atoms with Gasteiger partial charge in [0, 0.05) is 23.4 Å². The van der Waals surface area contributed by atoms with Gasteiger partial charge in [-0.3, -0.25) is 14.9 Å². The van der Waals surface area contributed by atoms with Gasteiger partial charge in [-0.1, -0.05) is 22.0 Å². The molecule has 0 bridgehead atoms. The quantitative estimate of drug-likeness (QED) is 0.367. The normalized spacial score (nSPS) is 10.0. The van der Waals surface area contributed by atoms with Crippen LogP contribution >= 0.6 is 31.9 Å². The molecule has 0 unspecified atom stereocenters. The highest BCUT2D eigenvalue weighted by molar-refractivity contribution is 9.10. The predicted molar refractivity (Wildman–Crippen MR) is 63.5 cm³/mol. The monoisotopic (exact) mass is 335 g/mol. The number of nitro groups is 1. The first-order valence-corrected chi connectivity index (χ1v) is 6.01. The van der Waals surface area contributed by atoms with Gasteiger partial charge < -0.3 is 0 Å². The van der Waals surface area contributed by atoms with Crippen molar-refractivity contribution in [1.29, 1.82) is 0 Å². The van der Waals surface area contributed by atoms with Gasteiger partial charge in [0.15, 0.2) is 5.78 Å². The minimum absolute atomic E-state index is 0.0876. The first kappa shape index (κ1) is 12.3. The number of rotatable bonds is 4. The van der Waals surface area contributed by atoms with Gasteiger partial charge in [0.2, 0.25) is 0 Å². The summed E-state index contributed by atoms with van der Waals surface area (Å²) in [6, 6.07) is 4.43. The zero-order valence-electron chi connectivity index (χ0n) is 7.57. The van der Waals surface area contributed by atoms with Crippen LogP contribution in [-0.2, 0) is 0 Å². The second kappa shape index (κ2) is 5.37. The summed E-state index contributed by atoms with van der Waals surface area (Å²) in [5.74, 6) is -0.123. The molecule has 0 heterocycles. The zero-order valence-corrected chi connectivity index (χ0v) is 10.7. The molecule has 4 nitrogen and oxygen atoms in total. The molecule has 0 aromatic heterocycles. The summed E-state index contributed by atoms with van der Waals surface area (Å²) in [5, 5.41) is 11.2. The van der Waals surface area contributed by atoms with Crippen LogP contribution in [-0.4, -0.2) is 16.0 Å². The van der Waals surface area contributed by atoms with Crippen molar-refractivity contribution in [3.63, 3.8) is 0 Å². The number of carbonyl (C=O) groups is 1. The van der Waals surface area contributed by atoms with E-state index in [1.54, 1.807) is 6.07 Å². The van der Waals surface area contributed by atoms with E-state index in [0.717, 1.165) is 0 Å². The molecular formula is C9H7Br2NO3. The zero-order chi connectivity index (χ0) is 11.4. The molecule has 1 aromatic carbocycles. The predicted octanol–water partition coefficient (Wildman–Crippen LogP) is 3.33. The summed E-state index contributed by atoms with van der Waals surface area (Å²) in [7, 11) is 0. The van der Waals surface area contributed by atoms with Crippen molar-refractivity contribution >= 4 is 43.3 Å². The number of alkyl halides is 1. The number of Topliss-reactive ketones (excluding diaryl/α,β-unsaturated/α-hetero) is 1. The number of carbonyl (C=O) groups excluding carboxylic acids is 1. The molecule has 80 valence electrons. The molecule has 0 N–H and O–H groups in total. The van der Waals surface area contributed by atoms with Gasteiger partial charge in [-0.2, -0.15) is 0 Å². The van der Waals surface area contributed by atoms with Crippen LogP contribution in [0.5, 0.6) is 0 Å². The van der Waals surface area contributed by atoms with Crippen molar-refractivity contribution in [2.45, 2.75) is 6.42 Å². The van der Waals surface area contributed by atoms with Crippen molar-refractivity contribution in [3.8, 4) is 0 Å². The molecule has 0 fully saturated rings. The van der Waals surface area contributed by atoms with Gasteiger partial charge >= 0.3 is 0 Å². The number of ketones is 1. The average molecular weight is 337 g/mol. The van der Waals surface area contributed by atoms with Crippen molar-refractivity contribution in [2.24, 2.45) is 0 Å². The van der Waals surface area contributed by atoms with E-state index in [9.17, 15) is 14.9 Å². The molecule has 0 saturated heterocycles. The minimum Gasteiger partial charge on any atom is -0.294 e. The third kappa shape index (κ3) is 2.85. The summed E-state index contributed by atoms with van der Waals surface area (Å²) >= 11 is 6.22. The van der Waals surface area contributed by atoms with Crippen LogP contribution in [0.2, 0.25) is 0 Å². The van der Waals surface area contributed by atoms with E-state index in [4.69, 9.17) is 0 Å². The number of nitrogens with zero attached hydrogens (tertiary/aromatic N) is 1. The highest BCUT2D eigenvalue weighted by Crippen LogP contribution is 2.29. The molecule has 15 heavy (non-hydrogen) atoms. The maximum atomic E-state index is 11.6. The smallest absolute Gasteiger partial charge is 0.284 e. The van der Waals surface area contributed by atoms with Gasteiger partial charge in [0.25, 0.3) is 5.69 Å². The Morgan fingerprint density at radius 2 is 2.13 bits per heavy atom. The van der Waals surface area contributed by atoms with Crippen LogP contribution in [0.4, 0.5) is 5.69 Å². The molecule has 0 aliphatic heterocycles. The summed E-state index contributed by atoms with van der Waals surface area (Å²) in [6.07, 6.45) is 0.319. The molecule has 1 rings (SSSR count). The lowest BCUT2D eigenvalue weighted by atomic mass is 10.1. The minimum atomic E-state index is -0.519. The Labute approximate surface area is 103 Å². The Balaban J connectivity index is 3.15. The molecule has 0 aliphatic rings. The molecule has 0 amide bonds. The van der Waals surface area contributed by atoms with Crippen LogP contribution in [0.3, 0.4) is 0 Å². The third-order valence-corrected chi connectivity index (χ3v) is 3.03. The van der Waals surface area contributed by atoms with E-state index in [2.05, 4.69) is 31.9 Å². The van der Waals surface area contributed by atoms with Crippen LogP contribution in [0.1, 0.15) is 16.8 Å². The molecule has 0 atom stereocenters. The molecule has 0 radical (unpaired) electrons. The summed E-state index contributed by atoms with van der Waals surface area (Å²) in [4.78, 5) is 21.6. The van der Waals surface area contributed by atoms with E-state index in [1.165, 1.54) is 12.1 Å². The second-order valence-corrected chi connectivity index (χ2v) is 4.34. The number of benzene rings is 1. The van der Waals surface area contributed by atoms with E-state index >= 15 is 0 Å². The number of hydrogen-bond donors (Lipinski definition) is 0. The fourth-order valence-electron chi connectivity index (χ4n) is 1.10. The van der Waals surface area contributed by atoms with Crippen LogP contribution < -0.4 is 0 Å². The average Bonchev–Trinajstić information content (AvgIpc) is 2.17. The maximum absolute atomic E-state index is 11.6. The fraction of sp³-hybridized carbons (Fsp3) is 0.222. The van der Waals surface area contributed by atoms with Crippen molar-refractivity contribution in [1.82, 2.24) is 0 Å². The second-order valence-electron chi connectivity index (χ2n) is 2.76. The van der Waals surface area contributed by atoms with Crippen LogP contribution in [0, 0.1) is 10.1 Å². The van der Waals surface area contributed by atoms with E-state index in [0.29, 0.717) is 17.3 Å². The fourth-order valence-corrected chi connectivity index (χ4v) is 2.09. The highest BCUT2D eigenvalue weighted by atomic mass is 79.9. The summed E-state index contributed by atoms with van der Waals surface area (Å²) < 4.78 is 0.251. The third-order valence-electron chi connectivity index (χ3n) is 1.80. The topological polar surface area (TPSA) is 60.2 Å². The van der Waals surface area contributed by atoms with E-state index in [1.807, 2.05) is 0 Å². The van der Waals surface area contributed by atoms with Gasteiger partial charge in [-0.15, -0.1) is 0 Å². The Morgan fingerprint density at radius 1 is 1.47 bits per heavy atom. The Kier molecular flexibility index (Phi) is 4.41. The first-order chi connectivity index (χ1) is 7.07. The van der Waals surface area contributed by atoms with Gasteiger partial charge in [-0.05, 0) is 22.0 Å². The van der Waals surface area contributed by atoms with Crippen molar-refractivity contribution < 1.29 is 9.72 Å². The summed E-state index contributed by atoms with van der Waals surface area (Å²) in [5.41, 5.74) is 0.263. The number of nitro benzene ring substituents is 1. The van der Waals surface area contributed by atoms with Gasteiger partial charge in [0.1, 0.15) is 4.47 Å². The van der Waals surface area contributed by atoms with Gasteiger partial charge in [-0.25, -0.2) is 0 Å². The largest absolute Gasteiger partial charge is 0.294 e. The Hall–Kier alpha value is -0.750. The van der Waals surface area contributed by atoms with Crippen molar-refractivity contribution in [3.05, 3.63) is 38.3 Å². The number of hydrogen-bond acceptors (Lipinski definition) is 3. The van der Waals surface area contributed by atoms with Crippen molar-refractivity contribution in [2.75, 3.05) is 5.33 Å². The molecule has 0 spiro atoms. The SMILES string of the molecule is O=C(CCBr)c1cccc([N+](=O)[O-])c1Br. The standard InChI is InChI=1S/C9H7Br2NO3/c10-5-4-8(13)6-2-1-3-7(9(6)11)12(14)15/h1-3H,4-5H2. The molecular weight excluding hydrogens is 330 g/mol.